The first-order valence-electron chi connectivity index (χ1n) is 5.63. The van der Waals surface area contributed by atoms with Gasteiger partial charge in [0.15, 0.2) is 5.78 Å². The summed E-state index contributed by atoms with van der Waals surface area (Å²) in [5.74, 6) is 2.18. The van der Waals surface area contributed by atoms with Gasteiger partial charge in [-0.15, -0.1) is 0 Å². The number of fused-ring (bicyclic) bond motifs is 1. The summed E-state index contributed by atoms with van der Waals surface area (Å²) >= 11 is 0. The summed E-state index contributed by atoms with van der Waals surface area (Å²) in [4.78, 5) is 20.6. The summed E-state index contributed by atoms with van der Waals surface area (Å²) in [5, 5.41) is 0. The fraction of sp³-hybridized carbons (Fsp3) is 0.583. The predicted molar refractivity (Wildman–Crippen MR) is 55.8 cm³/mol. The largest absolute Gasteiger partial charge is 0.294 e. The van der Waals surface area contributed by atoms with Crippen LogP contribution in [-0.4, -0.2) is 15.8 Å². The van der Waals surface area contributed by atoms with E-state index in [4.69, 9.17) is 0 Å². The van der Waals surface area contributed by atoms with Gasteiger partial charge in [0.05, 0.1) is 11.3 Å². The highest BCUT2D eigenvalue weighted by molar-refractivity contribution is 5.97. The van der Waals surface area contributed by atoms with E-state index in [2.05, 4.69) is 16.9 Å². The molecular weight excluding hydrogens is 188 g/mol. The average Bonchev–Trinajstić information content (AvgIpc) is 2.99. The van der Waals surface area contributed by atoms with Crippen molar-refractivity contribution < 1.29 is 4.79 Å². The van der Waals surface area contributed by atoms with E-state index < -0.39 is 0 Å². The van der Waals surface area contributed by atoms with Gasteiger partial charge in [0, 0.05) is 18.5 Å². The van der Waals surface area contributed by atoms with Gasteiger partial charge < -0.3 is 0 Å². The van der Waals surface area contributed by atoms with Crippen LogP contribution in [0.5, 0.6) is 0 Å². The van der Waals surface area contributed by atoms with Gasteiger partial charge in [-0.1, -0.05) is 6.92 Å². The molecule has 1 aromatic rings. The van der Waals surface area contributed by atoms with Gasteiger partial charge in [0.2, 0.25) is 0 Å². The van der Waals surface area contributed by atoms with Crippen LogP contribution < -0.4 is 0 Å². The van der Waals surface area contributed by atoms with Gasteiger partial charge in [-0.2, -0.15) is 0 Å². The molecule has 3 rings (SSSR count). The molecule has 3 heteroatoms. The predicted octanol–water partition coefficient (Wildman–Crippen LogP) is 2.12. The Hall–Kier alpha value is -1.25. The quantitative estimate of drug-likeness (QED) is 0.700. The first-order valence-corrected chi connectivity index (χ1v) is 5.63. The molecule has 0 radical (unpaired) electrons. The van der Waals surface area contributed by atoms with Crippen molar-refractivity contribution in [3.63, 3.8) is 0 Å². The Morgan fingerprint density at radius 1 is 1.33 bits per heavy atom. The lowest BCUT2D eigenvalue weighted by molar-refractivity contribution is 0.0951. The Morgan fingerprint density at radius 3 is 2.87 bits per heavy atom. The fourth-order valence-electron chi connectivity index (χ4n) is 2.19. The maximum atomic E-state index is 11.7. The molecule has 1 saturated carbocycles. The van der Waals surface area contributed by atoms with E-state index in [0.717, 1.165) is 23.5 Å². The molecule has 1 heterocycles. The molecule has 15 heavy (non-hydrogen) atoms. The van der Waals surface area contributed by atoms with Crippen molar-refractivity contribution in [3.8, 4) is 0 Å². The highest BCUT2D eigenvalue weighted by Gasteiger charge is 2.29. The second-order valence-electron chi connectivity index (χ2n) is 4.80. The first-order chi connectivity index (χ1) is 7.24. The van der Waals surface area contributed by atoms with Crippen LogP contribution in [-0.2, 0) is 6.42 Å². The number of rotatable bonds is 1. The Balaban J connectivity index is 2.02. The smallest absolute Gasteiger partial charge is 0.166 e. The van der Waals surface area contributed by atoms with Gasteiger partial charge in [0.1, 0.15) is 5.82 Å². The summed E-state index contributed by atoms with van der Waals surface area (Å²) in [7, 11) is 0. The van der Waals surface area contributed by atoms with Crippen LogP contribution in [0.2, 0.25) is 0 Å². The van der Waals surface area contributed by atoms with E-state index in [1.54, 1.807) is 6.20 Å². The maximum Gasteiger partial charge on any atom is 0.166 e. The second-order valence-corrected chi connectivity index (χ2v) is 4.80. The van der Waals surface area contributed by atoms with Gasteiger partial charge in [-0.25, -0.2) is 9.97 Å². The van der Waals surface area contributed by atoms with E-state index in [9.17, 15) is 4.79 Å². The molecule has 1 atom stereocenters. The van der Waals surface area contributed by atoms with Crippen molar-refractivity contribution in [1.82, 2.24) is 9.97 Å². The zero-order valence-electron chi connectivity index (χ0n) is 8.86. The Bertz CT molecular complexity index is 424. The molecule has 0 N–H and O–H groups in total. The number of hydrogen-bond donors (Lipinski definition) is 0. The highest BCUT2D eigenvalue weighted by Crippen LogP contribution is 2.38. The molecule has 78 valence electrons. The van der Waals surface area contributed by atoms with Crippen molar-refractivity contribution in [3.05, 3.63) is 23.3 Å². The third-order valence-electron chi connectivity index (χ3n) is 3.20. The van der Waals surface area contributed by atoms with Crippen LogP contribution in [0.15, 0.2) is 6.20 Å². The molecule has 0 aromatic carbocycles. The number of carbonyl (C=O) groups excluding carboxylic acids is 1. The normalized spacial score (nSPS) is 25.1. The van der Waals surface area contributed by atoms with E-state index in [0.29, 0.717) is 18.3 Å². The summed E-state index contributed by atoms with van der Waals surface area (Å²) in [5.41, 5.74) is 1.74. The van der Waals surface area contributed by atoms with E-state index in [1.165, 1.54) is 12.8 Å². The highest BCUT2D eigenvalue weighted by atomic mass is 16.1. The molecule has 2 aliphatic carbocycles. The second kappa shape index (κ2) is 3.12. The molecule has 1 fully saturated rings. The lowest BCUT2D eigenvalue weighted by Gasteiger charge is -2.19. The molecule has 1 unspecified atom stereocenters. The van der Waals surface area contributed by atoms with Crippen LogP contribution in [0.1, 0.15) is 54.0 Å². The molecule has 3 nitrogen and oxygen atoms in total. The van der Waals surface area contributed by atoms with Crippen molar-refractivity contribution in [2.24, 2.45) is 5.92 Å². The minimum atomic E-state index is 0.214. The van der Waals surface area contributed by atoms with Gasteiger partial charge in [-0.3, -0.25) is 4.79 Å². The summed E-state index contributed by atoms with van der Waals surface area (Å²) in [6.07, 6.45) is 5.75. The summed E-state index contributed by atoms with van der Waals surface area (Å²) in [6.45, 7) is 2.11. The van der Waals surface area contributed by atoms with Gasteiger partial charge in [-0.05, 0) is 25.2 Å². The van der Waals surface area contributed by atoms with Crippen LogP contribution in [0.3, 0.4) is 0 Å². The third-order valence-corrected chi connectivity index (χ3v) is 3.20. The lowest BCUT2D eigenvalue weighted by Crippen LogP contribution is -2.20. The fourth-order valence-corrected chi connectivity index (χ4v) is 2.19. The molecule has 0 aliphatic heterocycles. The van der Waals surface area contributed by atoms with Crippen molar-refractivity contribution in [2.75, 3.05) is 0 Å². The minimum Gasteiger partial charge on any atom is -0.294 e. The van der Waals surface area contributed by atoms with Crippen LogP contribution >= 0.6 is 0 Å². The van der Waals surface area contributed by atoms with E-state index >= 15 is 0 Å². The summed E-state index contributed by atoms with van der Waals surface area (Å²) < 4.78 is 0. The Labute approximate surface area is 88.9 Å². The number of ketones is 1. The zero-order chi connectivity index (χ0) is 10.4. The zero-order valence-corrected chi connectivity index (χ0v) is 8.86. The number of aromatic nitrogens is 2. The topological polar surface area (TPSA) is 42.9 Å². The number of nitrogens with zero attached hydrogens (tertiary/aromatic N) is 2. The Morgan fingerprint density at radius 2 is 2.13 bits per heavy atom. The van der Waals surface area contributed by atoms with Gasteiger partial charge >= 0.3 is 0 Å². The van der Waals surface area contributed by atoms with Crippen LogP contribution in [0.25, 0.3) is 0 Å². The maximum absolute atomic E-state index is 11.7. The monoisotopic (exact) mass is 202 g/mol. The Kier molecular flexibility index (Phi) is 1.87. The lowest BCUT2D eigenvalue weighted by atomic mass is 9.88. The molecule has 1 aromatic heterocycles. The molecule has 0 amide bonds. The SMILES string of the molecule is CC1CC(=O)c2cnc(C3CC3)nc2C1. The average molecular weight is 202 g/mol. The number of carbonyl (C=O) groups is 1. The molecule has 0 saturated heterocycles. The number of hydrogen-bond acceptors (Lipinski definition) is 3. The van der Waals surface area contributed by atoms with Crippen molar-refractivity contribution in [1.29, 1.82) is 0 Å². The van der Waals surface area contributed by atoms with Crippen LogP contribution in [0.4, 0.5) is 0 Å². The van der Waals surface area contributed by atoms with E-state index in [1.807, 2.05) is 0 Å². The van der Waals surface area contributed by atoms with E-state index in [-0.39, 0.29) is 5.78 Å². The third kappa shape index (κ3) is 1.56. The molecule has 0 spiro atoms. The molecular formula is C12H14N2O. The van der Waals surface area contributed by atoms with Crippen LogP contribution in [0, 0.1) is 5.92 Å². The minimum absolute atomic E-state index is 0.214. The van der Waals surface area contributed by atoms with Crippen molar-refractivity contribution >= 4 is 5.78 Å². The number of Topliss-reactive ketones (excluding diaryl/α,β-unsaturated/α-hetero) is 1. The first kappa shape index (κ1) is 9.01. The van der Waals surface area contributed by atoms with Crippen molar-refractivity contribution in [2.45, 2.75) is 38.5 Å². The van der Waals surface area contributed by atoms with Gasteiger partial charge in [0.25, 0.3) is 0 Å². The molecule has 0 bridgehead atoms. The summed E-state index contributed by atoms with van der Waals surface area (Å²) in [6, 6.07) is 0. The molecule has 2 aliphatic rings. The standard InChI is InChI=1S/C12H14N2O/c1-7-4-10-9(11(15)5-7)6-13-12(14-10)8-2-3-8/h6-8H,2-5H2,1H3.